The summed E-state index contributed by atoms with van der Waals surface area (Å²) in [5.41, 5.74) is 2.91. The highest BCUT2D eigenvalue weighted by Gasteiger charge is 2.22. The molecule has 4 rings (SSSR count). The number of carbonyl (C=O) groups is 1. The number of hydrogen-bond donors (Lipinski definition) is 0. The maximum Gasteiger partial charge on any atom is 0.253 e. The van der Waals surface area contributed by atoms with Crippen LogP contribution in [-0.4, -0.2) is 53.5 Å². The van der Waals surface area contributed by atoms with Gasteiger partial charge < -0.3 is 9.64 Å². The maximum absolute atomic E-state index is 12.8. The molecule has 0 aliphatic carbocycles. The van der Waals surface area contributed by atoms with Crippen LogP contribution in [0.15, 0.2) is 60.0 Å². The molecule has 1 aliphatic rings. The summed E-state index contributed by atoms with van der Waals surface area (Å²) in [6.07, 6.45) is 0. The molecule has 1 amide bonds. The van der Waals surface area contributed by atoms with E-state index in [0.29, 0.717) is 12.2 Å². The molecule has 6 heteroatoms. The molecule has 3 aromatic rings. The number of thiazole rings is 1. The Bertz CT molecular complexity index is 932. The van der Waals surface area contributed by atoms with E-state index >= 15 is 0 Å². The van der Waals surface area contributed by atoms with Gasteiger partial charge in [-0.05, 0) is 31.2 Å². The van der Waals surface area contributed by atoms with E-state index in [2.05, 4.69) is 22.4 Å². The number of ether oxygens (including phenoxy) is 1. The maximum atomic E-state index is 12.8. The van der Waals surface area contributed by atoms with Crippen molar-refractivity contribution in [2.75, 3.05) is 32.8 Å². The monoisotopic (exact) mass is 407 g/mol. The summed E-state index contributed by atoms with van der Waals surface area (Å²) < 4.78 is 5.45. The number of rotatable bonds is 6. The van der Waals surface area contributed by atoms with Crippen LogP contribution in [0.4, 0.5) is 0 Å². The third-order valence-electron chi connectivity index (χ3n) is 5.05. The molecule has 0 N–H and O–H groups in total. The molecule has 1 aliphatic heterocycles. The van der Waals surface area contributed by atoms with Gasteiger partial charge in [-0.25, -0.2) is 4.98 Å². The van der Waals surface area contributed by atoms with Gasteiger partial charge in [0.15, 0.2) is 0 Å². The van der Waals surface area contributed by atoms with E-state index in [-0.39, 0.29) is 5.91 Å². The summed E-state index contributed by atoms with van der Waals surface area (Å²) in [7, 11) is 0. The fourth-order valence-corrected chi connectivity index (χ4v) is 4.31. The van der Waals surface area contributed by atoms with Crippen LogP contribution < -0.4 is 4.74 Å². The molecule has 5 nitrogen and oxygen atoms in total. The Hall–Kier alpha value is -2.70. The molecule has 150 valence electrons. The van der Waals surface area contributed by atoms with Crippen LogP contribution in [0.25, 0.3) is 11.3 Å². The molecular formula is C23H25N3O2S. The van der Waals surface area contributed by atoms with E-state index in [1.165, 1.54) is 0 Å². The van der Waals surface area contributed by atoms with Gasteiger partial charge in [0.25, 0.3) is 5.91 Å². The van der Waals surface area contributed by atoms with Gasteiger partial charge in [0.1, 0.15) is 10.8 Å². The van der Waals surface area contributed by atoms with Gasteiger partial charge in [0.05, 0.1) is 18.8 Å². The highest BCUT2D eigenvalue weighted by Crippen LogP contribution is 2.23. The van der Waals surface area contributed by atoms with E-state index in [4.69, 9.17) is 9.72 Å². The van der Waals surface area contributed by atoms with E-state index in [1.54, 1.807) is 11.3 Å². The van der Waals surface area contributed by atoms with Crippen molar-refractivity contribution in [1.82, 2.24) is 14.8 Å². The molecule has 1 aromatic heterocycles. The third-order valence-corrected chi connectivity index (χ3v) is 5.89. The van der Waals surface area contributed by atoms with Crippen LogP contribution in [-0.2, 0) is 6.54 Å². The van der Waals surface area contributed by atoms with Gasteiger partial charge in [-0.1, -0.05) is 30.3 Å². The molecule has 0 spiro atoms. The number of amides is 1. The summed E-state index contributed by atoms with van der Waals surface area (Å²) in [5, 5.41) is 3.24. The first-order valence-electron chi connectivity index (χ1n) is 9.97. The molecule has 0 atom stereocenters. The second kappa shape index (κ2) is 9.20. The van der Waals surface area contributed by atoms with Crippen molar-refractivity contribution >= 4 is 17.2 Å². The molecule has 29 heavy (non-hydrogen) atoms. The van der Waals surface area contributed by atoms with E-state index < -0.39 is 0 Å². The number of piperazine rings is 1. The Morgan fingerprint density at radius 2 is 1.76 bits per heavy atom. The average molecular weight is 408 g/mol. The van der Waals surface area contributed by atoms with E-state index in [9.17, 15) is 4.79 Å². The minimum absolute atomic E-state index is 0.0910. The van der Waals surface area contributed by atoms with Crippen LogP contribution in [0.3, 0.4) is 0 Å². The molecule has 1 saturated heterocycles. The lowest BCUT2D eigenvalue weighted by Crippen LogP contribution is -2.48. The molecular weight excluding hydrogens is 382 g/mol. The fraction of sp³-hybridized carbons (Fsp3) is 0.304. The summed E-state index contributed by atoms with van der Waals surface area (Å²) in [6.45, 7) is 6.62. The van der Waals surface area contributed by atoms with Crippen molar-refractivity contribution in [2.45, 2.75) is 13.5 Å². The number of aromatic nitrogens is 1. The van der Waals surface area contributed by atoms with Crippen LogP contribution in [0, 0.1) is 0 Å². The minimum Gasteiger partial charge on any atom is -0.494 e. The quantitative estimate of drug-likeness (QED) is 0.615. The van der Waals surface area contributed by atoms with E-state index in [1.807, 2.05) is 54.3 Å². The first-order chi connectivity index (χ1) is 14.2. The summed E-state index contributed by atoms with van der Waals surface area (Å²) in [6, 6.07) is 17.7. The lowest BCUT2D eigenvalue weighted by atomic mass is 10.1. The van der Waals surface area contributed by atoms with Gasteiger partial charge in [-0.3, -0.25) is 9.69 Å². The number of hydrogen-bond acceptors (Lipinski definition) is 5. The summed E-state index contributed by atoms with van der Waals surface area (Å²) >= 11 is 1.70. The predicted molar refractivity (Wildman–Crippen MR) is 116 cm³/mol. The SMILES string of the molecule is CCOc1ccc(C(=O)N2CCN(Cc3nc(-c4ccccc4)cs3)CC2)cc1. The number of benzene rings is 2. The normalized spacial score (nSPS) is 14.7. The summed E-state index contributed by atoms with van der Waals surface area (Å²) in [4.78, 5) is 21.8. The second-order valence-corrected chi connectivity index (χ2v) is 7.96. The number of nitrogens with zero attached hydrogens (tertiary/aromatic N) is 3. The van der Waals surface area contributed by atoms with E-state index in [0.717, 1.165) is 54.7 Å². The van der Waals surface area contributed by atoms with Crippen LogP contribution in [0.1, 0.15) is 22.3 Å². The van der Waals surface area contributed by atoms with Crippen molar-refractivity contribution in [2.24, 2.45) is 0 Å². The molecule has 0 radical (unpaired) electrons. The lowest BCUT2D eigenvalue weighted by Gasteiger charge is -2.34. The van der Waals surface area contributed by atoms with Gasteiger partial charge >= 0.3 is 0 Å². The Balaban J connectivity index is 1.30. The smallest absolute Gasteiger partial charge is 0.253 e. The Kier molecular flexibility index (Phi) is 6.22. The first-order valence-corrected chi connectivity index (χ1v) is 10.8. The average Bonchev–Trinajstić information content (AvgIpc) is 3.24. The zero-order valence-corrected chi connectivity index (χ0v) is 17.4. The van der Waals surface area contributed by atoms with Crippen molar-refractivity contribution in [1.29, 1.82) is 0 Å². The van der Waals surface area contributed by atoms with Gasteiger partial charge in [0, 0.05) is 42.7 Å². The number of carbonyl (C=O) groups excluding carboxylic acids is 1. The van der Waals surface area contributed by atoms with Crippen LogP contribution >= 0.6 is 11.3 Å². The predicted octanol–water partition coefficient (Wildman–Crippen LogP) is 4.17. The fourth-order valence-electron chi connectivity index (χ4n) is 3.47. The topological polar surface area (TPSA) is 45.7 Å². The Labute approximate surface area is 175 Å². The molecule has 1 fully saturated rings. The van der Waals surface area contributed by atoms with Crippen molar-refractivity contribution in [3.63, 3.8) is 0 Å². The summed E-state index contributed by atoms with van der Waals surface area (Å²) in [5.74, 6) is 0.889. The van der Waals surface area contributed by atoms with Crippen LogP contribution in [0.5, 0.6) is 5.75 Å². The van der Waals surface area contributed by atoms with Crippen molar-refractivity contribution in [3.8, 4) is 17.0 Å². The van der Waals surface area contributed by atoms with Crippen molar-refractivity contribution < 1.29 is 9.53 Å². The standard InChI is InChI=1S/C23H25N3O2S/c1-2-28-20-10-8-19(9-11-20)23(27)26-14-12-25(13-15-26)16-22-24-21(17-29-22)18-6-4-3-5-7-18/h3-11,17H,2,12-16H2,1H3. The Morgan fingerprint density at radius 3 is 2.45 bits per heavy atom. The zero-order chi connectivity index (χ0) is 20.1. The second-order valence-electron chi connectivity index (χ2n) is 7.02. The minimum atomic E-state index is 0.0910. The van der Waals surface area contributed by atoms with Gasteiger partial charge in [-0.2, -0.15) is 0 Å². The van der Waals surface area contributed by atoms with Gasteiger partial charge in [-0.15, -0.1) is 11.3 Å². The molecule has 2 aromatic carbocycles. The lowest BCUT2D eigenvalue weighted by molar-refractivity contribution is 0.0628. The van der Waals surface area contributed by atoms with Crippen LogP contribution in [0.2, 0.25) is 0 Å². The van der Waals surface area contributed by atoms with Crippen molar-refractivity contribution in [3.05, 3.63) is 70.5 Å². The zero-order valence-electron chi connectivity index (χ0n) is 16.6. The highest BCUT2D eigenvalue weighted by atomic mass is 32.1. The molecule has 0 bridgehead atoms. The largest absolute Gasteiger partial charge is 0.494 e. The van der Waals surface area contributed by atoms with Gasteiger partial charge in [0.2, 0.25) is 0 Å². The molecule has 0 unspecified atom stereocenters. The molecule has 0 saturated carbocycles. The molecule has 2 heterocycles. The third kappa shape index (κ3) is 4.83. The first kappa shape index (κ1) is 19.6. The highest BCUT2D eigenvalue weighted by molar-refractivity contribution is 7.09. The Morgan fingerprint density at radius 1 is 1.03 bits per heavy atom.